The van der Waals surface area contributed by atoms with E-state index in [1.807, 2.05) is 0 Å². The van der Waals surface area contributed by atoms with Gasteiger partial charge in [-0.25, -0.2) is 45.9 Å². The van der Waals surface area contributed by atoms with Gasteiger partial charge in [0.2, 0.25) is 23.8 Å². The standard InChI is InChI=1S/2C22H25N7O4S/c1-22(2,34(4,30)31)18-17-19(28-7-8-32-11-14(28)12-33-17)27-21(26-18)29-16-6-5-13(10-23)9-15(16)25-20(29)24-3;1-22(2,34(4,30)31)18-17-19(28-7-8-32-11-14(28)12-33-17)27-21(26-18)29-16-9-13(10-23)5-6-15(16)25-20(29)24-3/h2*5-6,9,14H,7-8,11-12H2,1-4H3,(H,24,25)/t2*14-/m00/s1. The number of anilines is 4. The lowest BCUT2D eigenvalue weighted by Gasteiger charge is -2.41. The first-order chi connectivity index (χ1) is 32.3. The monoisotopic (exact) mass is 966 g/mol. The molecule has 2 fully saturated rings. The number of imidazole rings is 2. The molecule has 2 atom stereocenters. The van der Waals surface area contributed by atoms with E-state index in [9.17, 15) is 27.4 Å². The van der Waals surface area contributed by atoms with E-state index in [4.69, 9.17) is 38.9 Å². The molecule has 24 heteroatoms. The van der Waals surface area contributed by atoms with Crippen molar-refractivity contribution in [2.24, 2.45) is 0 Å². The van der Waals surface area contributed by atoms with Gasteiger partial charge in [-0.05, 0) is 64.1 Å². The number of rotatable bonds is 8. The summed E-state index contributed by atoms with van der Waals surface area (Å²) in [7, 11) is -3.68. The van der Waals surface area contributed by atoms with Gasteiger partial charge in [-0.2, -0.15) is 20.5 Å². The second-order valence-electron chi connectivity index (χ2n) is 17.8. The molecule has 0 radical (unpaired) electrons. The van der Waals surface area contributed by atoms with Crippen molar-refractivity contribution in [1.82, 2.24) is 39.0 Å². The molecule has 2 saturated heterocycles. The lowest BCUT2D eigenvalue weighted by molar-refractivity contribution is 0.0690. The summed E-state index contributed by atoms with van der Waals surface area (Å²) in [5.74, 6) is 3.23. The minimum absolute atomic E-state index is 0.0281. The summed E-state index contributed by atoms with van der Waals surface area (Å²) >= 11 is 0. The van der Waals surface area contributed by atoms with Crippen molar-refractivity contribution < 1.29 is 35.8 Å². The summed E-state index contributed by atoms with van der Waals surface area (Å²) in [6, 6.07) is 14.5. The Hall–Kier alpha value is -6.86. The van der Waals surface area contributed by atoms with Crippen molar-refractivity contribution in [2.75, 3.05) is 99.8 Å². The second-order valence-corrected chi connectivity index (χ2v) is 22.9. The third kappa shape index (κ3) is 7.70. The molecule has 0 unspecified atom stereocenters. The third-order valence-electron chi connectivity index (χ3n) is 12.9. The third-order valence-corrected chi connectivity index (χ3v) is 17.0. The predicted molar refractivity (Wildman–Crippen MR) is 252 cm³/mol. The fourth-order valence-electron chi connectivity index (χ4n) is 8.41. The first-order valence-corrected chi connectivity index (χ1v) is 25.5. The number of hydrogen-bond donors (Lipinski definition) is 2. The molecule has 8 heterocycles. The first kappa shape index (κ1) is 46.3. The predicted octanol–water partition coefficient (Wildman–Crippen LogP) is 3.21. The normalized spacial score (nSPS) is 18.1. The van der Waals surface area contributed by atoms with Crippen LogP contribution in [0.4, 0.5) is 23.5 Å². The van der Waals surface area contributed by atoms with Gasteiger partial charge in [-0.1, -0.05) is 0 Å². The average Bonchev–Trinajstić information content (AvgIpc) is 3.90. The Morgan fingerprint density at radius 2 is 1.07 bits per heavy atom. The molecule has 22 nitrogen and oxygen atoms in total. The van der Waals surface area contributed by atoms with E-state index in [2.05, 4.69) is 42.5 Å². The fraction of sp³-hybridized carbons (Fsp3) is 0.455. The number of nitriles is 2. The van der Waals surface area contributed by atoms with Gasteiger partial charge in [0.15, 0.2) is 42.8 Å². The molecule has 0 amide bonds. The molecular formula is C44H50N14O8S2. The summed E-state index contributed by atoms with van der Waals surface area (Å²) in [6.45, 7) is 10.4. The molecule has 0 saturated carbocycles. The van der Waals surface area contributed by atoms with Crippen LogP contribution in [-0.2, 0) is 38.6 Å². The number of sulfone groups is 2. The van der Waals surface area contributed by atoms with Crippen molar-refractivity contribution in [1.29, 1.82) is 10.5 Å². The van der Waals surface area contributed by atoms with E-state index in [0.717, 1.165) is 0 Å². The Labute approximate surface area is 392 Å². The Bertz CT molecular complexity index is 3320. The van der Waals surface area contributed by atoms with Gasteiger partial charge < -0.3 is 39.4 Å². The van der Waals surface area contributed by atoms with E-state index >= 15 is 0 Å². The smallest absolute Gasteiger partial charge is 0.239 e. The Kier molecular flexibility index (Phi) is 11.6. The van der Waals surface area contributed by atoms with Gasteiger partial charge in [-0.15, -0.1) is 0 Å². The number of ether oxygens (including phenoxy) is 4. The number of nitrogens with zero attached hydrogens (tertiary/aromatic N) is 12. The Balaban J connectivity index is 0.000000170. The topological polar surface area (TPSA) is 271 Å². The highest BCUT2D eigenvalue weighted by Crippen LogP contribution is 2.45. The largest absolute Gasteiger partial charge is 0.486 e. The van der Waals surface area contributed by atoms with E-state index in [1.165, 1.54) is 12.5 Å². The molecule has 0 spiro atoms. The van der Waals surface area contributed by atoms with Crippen molar-refractivity contribution in [3.05, 3.63) is 58.9 Å². The van der Waals surface area contributed by atoms with Gasteiger partial charge in [0.25, 0.3) is 0 Å². The quantitative estimate of drug-likeness (QED) is 0.222. The number of aromatic nitrogens is 8. The summed E-state index contributed by atoms with van der Waals surface area (Å²) in [6.07, 6.45) is 2.38. The number of nitrogens with one attached hydrogen (secondary N) is 2. The zero-order chi connectivity index (χ0) is 48.5. The zero-order valence-electron chi connectivity index (χ0n) is 38.7. The van der Waals surface area contributed by atoms with Gasteiger partial charge in [0, 0.05) is 39.7 Å². The highest BCUT2D eigenvalue weighted by atomic mass is 32.2. The van der Waals surface area contributed by atoms with Crippen LogP contribution in [0, 0.1) is 22.7 Å². The average molecular weight is 967 g/mol. The van der Waals surface area contributed by atoms with Crippen LogP contribution >= 0.6 is 0 Å². The van der Waals surface area contributed by atoms with Gasteiger partial charge in [-0.3, -0.25) is 0 Å². The molecular weight excluding hydrogens is 917 g/mol. The van der Waals surface area contributed by atoms with E-state index < -0.39 is 29.2 Å². The number of fused-ring (bicyclic) bond motifs is 8. The van der Waals surface area contributed by atoms with Crippen LogP contribution in [-0.4, -0.2) is 147 Å². The van der Waals surface area contributed by atoms with Crippen molar-refractivity contribution in [3.63, 3.8) is 0 Å². The molecule has 4 aliphatic rings. The molecule has 6 aromatic rings. The van der Waals surface area contributed by atoms with Crippen LogP contribution in [0.25, 0.3) is 34.0 Å². The molecule has 0 bridgehead atoms. The summed E-state index contributed by atoms with van der Waals surface area (Å²) in [5, 5.41) is 24.8. The fourth-order valence-corrected chi connectivity index (χ4v) is 9.39. The van der Waals surface area contributed by atoms with Crippen molar-refractivity contribution in [2.45, 2.75) is 49.3 Å². The number of benzene rings is 2. The molecule has 356 valence electrons. The van der Waals surface area contributed by atoms with Crippen molar-refractivity contribution >= 4 is 65.3 Å². The zero-order valence-corrected chi connectivity index (χ0v) is 40.4. The Morgan fingerprint density at radius 3 is 1.54 bits per heavy atom. The van der Waals surface area contributed by atoms with E-state index in [0.29, 0.717) is 121 Å². The summed E-state index contributed by atoms with van der Waals surface area (Å²) < 4.78 is 75.4. The van der Waals surface area contributed by atoms with Gasteiger partial charge in [0.05, 0.1) is 83.8 Å². The van der Waals surface area contributed by atoms with Crippen LogP contribution in [0.15, 0.2) is 36.4 Å². The van der Waals surface area contributed by atoms with E-state index in [-0.39, 0.29) is 35.4 Å². The highest BCUT2D eigenvalue weighted by Gasteiger charge is 2.45. The molecule has 4 aromatic heterocycles. The molecule has 10 rings (SSSR count). The van der Waals surface area contributed by atoms with Gasteiger partial charge >= 0.3 is 0 Å². The minimum atomic E-state index is -3.57. The number of morpholine rings is 2. The SMILES string of the molecule is CNc1nc2cc(C#N)ccc2n1-c1nc2c(c(C(C)(C)S(C)(=O)=O)n1)OC[C@@H]1COCCN21.CNc1nc2ccc(C#N)cc2n1-c1nc2c(c(C(C)(C)S(C)(=O)=O)n1)OC[C@@H]1COCCN21. The molecule has 68 heavy (non-hydrogen) atoms. The maximum atomic E-state index is 12.8. The molecule has 2 N–H and O–H groups in total. The van der Waals surface area contributed by atoms with Crippen LogP contribution in [0.2, 0.25) is 0 Å². The maximum absolute atomic E-state index is 12.8. The highest BCUT2D eigenvalue weighted by molar-refractivity contribution is 7.91. The Morgan fingerprint density at radius 1 is 0.618 bits per heavy atom. The van der Waals surface area contributed by atoms with Crippen LogP contribution in [0.1, 0.15) is 50.2 Å². The van der Waals surface area contributed by atoms with Crippen molar-refractivity contribution in [3.8, 4) is 35.5 Å². The van der Waals surface area contributed by atoms with Crippen LogP contribution < -0.4 is 29.9 Å². The number of hydrogen-bond acceptors (Lipinski definition) is 20. The lowest BCUT2D eigenvalue weighted by atomic mass is 10.1. The van der Waals surface area contributed by atoms with Crippen LogP contribution in [0.5, 0.6) is 11.5 Å². The lowest BCUT2D eigenvalue weighted by Crippen LogP contribution is -2.52. The molecule has 0 aliphatic carbocycles. The molecule has 4 aliphatic heterocycles. The molecule has 2 aromatic carbocycles. The maximum Gasteiger partial charge on any atom is 0.239 e. The van der Waals surface area contributed by atoms with Crippen LogP contribution in [0.3, 0.4) is 0 Å². The van der Waals surface area contributed by atoms with Gasteiger partial charge in [0.1, 0.15) is 34.1 Å². The van der Waals surface area contributed by atoms with E-state index in [1.54, 1.807) is 87.3 Å². The first-order valence-electron chi connectivity index (χ1n) is 21.7. The summed E-state index contributed by atoms with van der Waals surface area (Å²) in [4.78, 5) is 32.6. The second kappa shape index (κ2) is 17.0. The summed E-state index contributed by atoms with van der Waals surface area (Å²) in [5.41, 5.74) is 4.06. The minimum Gasteiger partial charge on any atom is -0.486 e.